The second kappa shape index (κ2) is 14.5. The van der Waals surface area contributed by atoms with Crippen LogP contribution in [0.3, 0.4) is 0 Å². The van der Waals surface area contributed by atoms with E-state index < -0.39 is 5.97 Å². The van der Waals surface area contributed by atoms with Crippen molar-refractivity contribution < 1.29 is 19.4 Å². The molecule has 2 rings (SSSR count). The van der Waals surface area contributed by atoms with E-state index in [0.717, 1.165) is 81.5 Å². The first-order valence-corrected chi connectivity index (χ1v) is 11.0. The summed E-state index contributed by atoms with van der Waals surface area (Å²) < 4.78 is 11.2. The molecule has 0 atom stereocenters. The van der Waals surface area contributed by atoms with Crippen molar-refractivity contribution >= 4 is 5.97 Å². The number of hydrogen-bond acceptors (Lipinski definition) is 5. The van der Waals surface area contributed by atoms with Crippen molar-refractivity contribution in [3.63, 3.8) is 0 Å². The summed E-state index contributed by atoms with van der Waals surface area (Å²) in [5.41, 5.74) is 2.08. The topological polar surface area (TPSA) is 81.5 Å². The average Bonchev–Trinajstić information content (AvgIpc) is 2.76. The van der Waals surface area contributed by atoms with Gasteiger partial charge in [-0.15, -0.1) is 0 Å². The minimum Gasteiger partial charge on any atom is -0.494 e. The molecule has 0 saturated carbocycles. The third-order valence-electron chi connectivity index (χ3n) is 4.72. The summed E-state index contributed by atoms with van der Waals surface area (Å²) in [7, 11) is 0. The number of carboxylic acid groups (broad SMARTS) is 1. The zero-order chi connectivity index (χ0) is 21.4. The Morgan fingerprint density at radius 3 is 2.30 bits per heavy atom. The van der Waals surface area contributed by atoms with Crippen LogP contribution in [0.2, 0.25) is 0 Å². The van der Waals surface area contributed by atoms with Crippen LogP contribution < -0.4 is 4.74 Å². The van der Waals surface area contributed by atoms with Crippen molar-refractivity contribution in [2.24, 2.45) is 0 Å². The van der Waals surface area contributed by atoms with Crippen LogP contribution in [0.15, 0.2) is 36.7 Å². The molecule has 0 aliphatic carbocycles. The summed E-state index contributed by atoms with van der Waals surface area (Å²) in [5.74, 6) is 0.846. The summed E-state index contributed by atoms with van der Waals surface area (Å²) in [4.78, 5) is 19.5. The monoisotopic (exact) mass is 414 g/mol. The summed E-state index contributed by atoms with van der Waals surface area (Å²) >= 11 is 0. The van der Waals surface area contributed by atoms with E-state index in [1.807, 2.05) is 36.7 Å². The molecular formula is C24H34N2O4. The third-order valence-corrected chi connectivity index (χ3v) is 4.72. The smallest absolute Gasteiger partial charge is 0.303 e. The molecule has 1 aromatic carbocycles. The zero-order valence-corrected chi connectivity index (χ0v) is 18.0. The molecule has 0 saturated heterocycles. The average molecular weight is 415 g/mol. The van der Waals surface area contributed by atoms with Crippen LogP contribution in [0, 0.1) is 0 Å². The van der Waals surface area contributed by atoms with Crippen molar-refractivity contribution in [2.75, 3.05) is 19.8 Å². The van der Waals surface area contributed by atoms with Crippen LogP contribution in [0.5, 0.6) is 5.75 Å². The van der Waals surface area contributed by atoms with Gasteiger partial charge in [0.05, 0.1) is 6.61 Å². The van der Waals surface area contributed by atoms with Gasteiger partial charge in [-0.3, -0.25) is 4.79 Å². The van der Waals surface area contributed by atoms with E-state index in [1.54, 1.807) is 0 Å². The molecule has 2 aromatic rings. The number of carboxylic acids is 1. The lowest BCUT2D eigenvalue weighted by molar-refractivity contribution is -0.137. The molecule has 164 valence electrons. The standard InChI is InChI=1S/C24H34N2O4/c1-2-15-29-16-7-8-17-30-22-13-11-21(12-14-22)24-25-18-20(19-26-24)9-5-3-4-6-10-23(27)28/h11-14,18-19H,2-10,15-17H2,1H3,(H,27,28). The molecule has 1 heterocycles. The molecule has 0 fully saturated rings. The molecule has 0 aliphatic heterocycles. The van der Waals surface area contributed by atoms with E-state index in [4.69, 9.17) is 14.6 Å². The van der Waals surface area contributed by atoms with Gasteiger partial charge in [0.1, 0.15) is 5.75 Å². The molecule has 30 heavy (non-hydrogen) atoms. The highest BCUT2D eigenvalue weighted by Crippen LogP contribution is 2.20. The van der Waals surface area contributed by atoms with E-state index in [-0.39, 0.29) is 6.42 Å². The fourth-order valence-electron chi connectivity index (χ4n) is 3.03. The Balaban J connectivity index is 1.67. The Labute approximate surface area is 179 Å². The van der Waals surface area contributed by atoms with Gasteiger partial charge in [0.15, 0.2) is 5.82 Å². The van der Waals surface area contributed by atoms with Crippen molar-refractivity contribution in [2.45, 2.75) is 64.7 Å². The van der Waals surface area contributed by atoms with Crippen LogP contribution >= 0.6 is 0 Å². The fraction of sp³-hybridized carbons (Fsp3) is 0.542. The quantitative estimate of drug-likeness (QED) is 0.375. The Morgan fingerprint density at radius 2 is 1.60 bits per heavy atom. The predicted octanol–water partition coefficient (Wildman–Crippen LogP) is 5.31. The third kappa shape index (κ3) is 9.83. The number of rotatable bonds is 16. The van der Waals surface area contributed by atoms with Gasteiger partial charge in [0.25, 0.3) is 0 Å². The van der Waals surface area contributed by atoms with Crippen molar-refractivity contribution in [3.8, 4) is 17.1 Å². The van der Waals surface area contributed by atoms with Gasteiger partial charge in [-0.05, 0) is 68.4 Å². The van der Waals surface area contributed by atoms with Gasteiger partial charge >= 0.3 is 5.97 Å². The minimum atomic E-state index is -0.716. The molecule has 0 unspecified atom stereocenters. The largest absolute Gasteiger partial charge is 0.494 e. The Hall–Kier alpha value is -2.47. The molecule has 0 aliphatic rings. The minimum absolute atomic E-state index is 0.260. The summed E-state index contributed by atoms with van der Waals surface area (Å²) in [6.07, 6.45) is 11.8. The van der Waals surface area contributed by atoms with Gasteiger partial charge in [0, 0.05) is 37.6 Å². The Bertz CT molecular complexity index is 717. The molecule has 1 aromatic heterocycles. The van der Waals surface area contributed by atoms with E-state index in [0.29, 0.717) is 12.4 Å². The predicted molar refractivity (Wildman–Crippen MR) is 118 cm³/mol. The fourth-order valence-corrected chi connectivity index (χ4v) is 3.03. The second-order valence-electron chi connectivity index (χ2n) is 7.42. The van der Waals surface area contributed by atoms with Crippen LogP contribution in [-0.4, -0.2) is 40.9 Å². The lowest BCUT2D eigenvalue weighted by Crippen LogP contribution is -2.01. The van der Waals surface area contributed by atoms with Crippen molar-refractivity contribution in [1.29, 1.82) is 0 Å². The SMILES string of the molecule is CCCOCCCCOc1ccc(-c2ncc(CCCCCCC(=O)O)cn2)cc1. The number of unbranched alkanes of at least 4 members (excludes halogenated alkanes) is 4. The molecule has 0 bridgehead atoms. The van der Waals surface area contributed by atoms with E-state index in [2.05, 4.69) is 16.9 Å². The molecule has 0 spiro atoms. The number of aryl methyl sites for hydroxylation is 1. The Morgan fingerprint density at radius 1 is 0.900 bits per heavy atom. The maximum absolute atomic E-state index is 10.5. The first-order chi connectivity index (χ1) is 14.7. The van der Waals surface area contributed by atoms with Crippen LogP contribution in [0.4, 0.5) is 0 Å². The number of carbonyl (C=O) groups is 1. The molecule has 1 N–H and O–H groups in total. The maximum Gasteiger partial charge on any atom is 0.303 e. The van der Waals surface area contributed by atoms with Gasteiger partial charge < -0.3 is 14.6 Å². The van der Waals surface area contributed by atoms with Crippen molar-refractivity contribution in [1.82, 2.24) is 9.97 Å². The molecule has 6 heteroatoms. The van der Waals surface area contributed by atoms with E-state index in [9.17, 15) is 4.79 Å². The van der Waals surface area contributed by atoms with Crippen LogP contribution in [0.25, 0.3) is 11.4 Å². The summed E-state index contributed by atoms with van der Waals surface area (Å²) in [6, 6.07) is 7.88. The van der Waals surface area contributed by atoms with Crippen LogP contribution in [-0.2, 0) is 16.0 Å². The highest BCUT2D eigenvalue weighted by Gasteiger charge is 2.03. The summed E-state index contributed by atoms with van der Waals surface area (Å²) in [5, 5.41) is 8.64. The van der Waals surface area contributed by atoms with Gasteiger partial charge in [-0.2, -0.15) is 0 Å². The van der Waals surface area contributed by atoms with Gasteiger partial charge in [-0.1, -0.05) is 19.8 Å². The van der Waals surface area contributed by atoms with Gasteiger partial charge in [-0.25, -0.2) is 9.97 Å². The lowest BCUT2D eigenvalue weighted by Gasteiger charge is -2.08. The highest BCUT2D eigenvalue weighted by atomic mass is 16.5. The second-order valence-corrected chi connectivity index (χ2v) is 7.42. The summed E-state index contributed by atoms with van der Waals surface area (Å²) in [6.45, 7) is 4.44. The number of ether oxygens (including phenoxy) is 2. The lowest BCUT2D eigenvalue weighted by atomic mass is 10.1. The van der Waals surface area contributed by atoms with E-state index >= 15 is 0 Å². The van der Waals surface area contributed by atoms with Crippen LogP contribution in [0.1, 0.15) is 63.9 Å². The molecule has 0 radical (unpaired) electrons. The molecular weight excluding hydrogens is 380 g/mol. The van der Waals surface area contributed by atoms with E-state index in [1.165, 1.54) is 0 Å². The number of nitrogens with zero attached hydrogens (tertiary/aromatic N) is 2. The first-order valence-electron chi connectivity index (χ1n) is 11.0. The van der Waals surface area contributed by atoms with Gasteiger partial charge in [0.2, 0.25) is 0 Å². The zero-order valence-electron chi connectivity index (χ0n) is 18.0. The normalized spacial score (nSPS) is 10.8. The number of hydrogen-bond donors (Lipinski definition) is 1. The van der Waals surface area contributed by atoms with Crippen molar-refractivity contribution in [3.05, 3.63) is 42.2 Å². The first kappa shape index (κ1) is 23.8. The number of aromatic nitrogens is 2. The number of benzene rings is 1. The molecule has 0 amide bonds. The molecule has 6 nitrogen and oxygen atoms in total. The maximum atomic E-state index is 10.5. The highest BCUT2D eigenvalue weighted by molar-refractivity contribution is 5.66. The Kier molecular flexibility index (Phi) is 11.5. The number of aliphatic carboxylic acids is 1.